The van der Waals surface area contributed by atoms with Crippen molar-refractivity contribution >= 4 is 67.6 Å². The number of nitrogens with one attached hydrogen (secondary N) is 1. The van der Waals surface area contributed by atoms with Crippen LogP contribution in [-0.2, 0) is 0 Å². The first-order valence-electron chi connectivity index (χ1n) is 9.27. The van der Waals surface area contributed by atoms with Crippen molar-refractivity contribution in [2.24, 2.45) is 0 Å². The van der Waals surface area contributed by atoms with Crippen LogP contribution in [0, 0.1) is 0 Å². The Balaban J connectivity index is 1.48. The van der Waals surface area contributed by atoms with Gasteiger partial charge in [0.2, 0.25) is 0 Å². The van der Waals surface area contributed by atoms with Crippen molar-refractivity contribution in [3.05, 3.63) is 54.2 Å². The Morgan fingerprint density at radius 2 is 2.00 bits per heavy atom. The smallest absolute Gasteiger partial charge is 0.257 e. The molecule has 2 aromatic carbocycles. The second-order valence-corrected chi connectivity index (χ2v) is 10.7. The molecule has 5 nitrogen and oxygen atoms in total. The number of nitrogens with zero attached hydrogens (tertiary/aromatic N) is 3. The van der Waals surface area contributed by atoms with E-state index in [4.69, 9.17) is 0 Å². The number of carbonyl (C=O) groups is 1. The van der Waals surface area contributed by atoms with Gasteiger partial charge in [-0.05, 0) is 29.5 Å². The number of benzene rings is 2. The summed E-state index contributed by atoms with van der Waals surface area (Å²) < 4.78 is 2.14. The lowest BCUT2D eigenvalue weighted by Crippen LogP contribution is -2.13. The Kier molecular flexibility index (Phi) is 6.32. The minimum absolute atomic E-state index is 0.194. The molecule has 2 heterocycles. The molecule has 0 aliphatic carbocycles. The van der Waals surface area contributed by atoms with Gasteiger partial charge in [0.05, 0.1) is 27.5 Å². The van der Waals surface area contributed by atoms with E-state index < -0.39 is 0 Å². The van der Waals surface area contributed by atoms with E-state index in [-0.39, 0.29) is 5.91 Å². The number of aromatic nitrogens is 3. The van der Waals surface area contributed by atoms with E-state index in [0.717, 1.165) is 37.1 Å². The number of anilines is 1. The molecule has 0 radical (unpaired) electrons. The largest absolute Gasteiger partial charge is 0.322 e. The maximum absolute atomic E-state index is 12.8. The Morgan fingerprint density at radius 3 is 2.86 bits per heavy atom. The Labute approximate surface area is 181 Å². The van der Waals surface area contributed by atoms with Crippen LogP contribution >= 0.6 is 34.9 Å². The minimum Gasteiger partial charge on any atom is -0.322 e. The fraction of sp³-hybridized carbons (Fsp3) is 0.238. The summed E-state index contributed by atoms with van der Waals surface area (Å²) in [5.41, 5.74) is 2.93. The van der Waals surface area contributed by atoms with Crippen LogP contribution in [0.1, 0.15) is 24.2 Å². The summed E-state index contributed by atoms with van der Waals surface area (Å²) in [7, 11) is 0. The zero-order chi connectivity index (χ0) is 20.2. The number of rotatable bonds is 7. The number of hydrogen-bond donors (Lipinski definition) is 1. The topological polar surface area (TPSA) is 67.8 Å². The molecule has 0 bridgehead atoms. The number of fused-ring (bicyclic) bond motifs is 2. The second-order valence-electron chi connectivity index (χ2n) is 6.66. The Bertz CT molecular complexity index is 1150. The molecule has 0 aliphatic heterocycles. The lowest BCUT2D eigenvalue weighted by molar-refractivity contribution is 0.102. The average Bonchev–Trinajstić information content (AvgIpc) is 3.12. The van der Waals surface area contributed by atoms with Crippen molar-refractivity contribution in [1.82, 2.24) is 15.2 Å². The van der Waals surface area contributed by atoms with E-state index in [0.29, 0.717) is 16.3 Å². The average molecular weight is 441 g/mol. The fourth-order valence-electron chi connectivity index (χ4n) is 2.84. The molecule has 0 saturated carbocycles. The molecule has 0 fully saturated rings. The third-order valence-electron chi connectivity index (χ3n) is 4.18. The highest BCUT2D eigenvalue weighted by Gasteiger charge is 2.13. The summed E-state index contributed by atoms with van der Waals surface area (Å²) >= 11 is 5.42. The van der Waals surface area contributed by atoms with Crippen LogP contribution in [0.5, 0.6) is 0 Å². The number of hydrogen-bond acceptors (Lipinski definition) is 7. The molecule has 2 aromatic heterocycles. The number of thioether (sulfide) groups is 2. The molecular formula is C21H20N4OS3. The molecule has 4 aromatic rings. The maximum atomic E-state index is 12.8. The summed E-state index contributed by atoms with van der Waals surface area (Å²) in [4.78, 5) is 17.5. The van der Waals surface area contributed by atoms with E-state index in [9.17, 15) is 4.79 Å². The fourth-order valence-corrected chi connectivity index (χ4v) is 5.86. The number of carbonyl (C=O) groups excluding carboxylic acids is 1. The standard InChI is InChI=1S/C21H20N4OS3/c1-13(2)27-9-10-28-21-24-18-8-7-14(11-19(18)29-21)23-20(26)16-12-22-25-17-6-4-3-5-15(16)17/h3-8,11-13H,9-10H2,1-2H3,(H,23,26). The Morgan fingerprint density at radius 1 is 1.14 bits per heavy atom. The zero-order valence-electron chi connectivity index (χ0n) is 16.1. The molecule has 0 atom stereocenters. The van der Waals surface area contributed by atoms with Crippen LogP contribution in [-0.4, -0.2) is 37.8 Å². The van der Waals surface area contributed by atoms with Gasteiger partial charge in [-0.3, -0.25) is 4.79 Å². The molecule has 1 N–H and O–H groups in total. The highest BCUT2D eigenvalue weighted by atomic mass is 32.2. The molecule has 29 heavy (non-hydrogen) atoms. The van der Waals surface area contributed by atoms with Crippen molar-refractivity contribution in [2.45, 2.75) is 23.4 Å². The molecule has 0 saturated heterocycles. The number of thiazole rings is 1. The van der Waals surface area contributed by atoms with Crippen molar-refractivity contribution in [1.29, 1.82) is 0 Å². The van der Waals surface area contributed by atoms with Gasteiger partial charge in [-0.15, -0.1) is 11.3 Å². The molecule has 0 spiro atoms. The first-order valence-corrected chi connectivity index (χ1v) is 12.1. The van der Waals surface area contributed by atoms with Crippen LogP contribution in [0.3, 0.4) is 0 Å². The third-order valence-corrected chi connectivity index (χ3v) is 7.71. The quantitative estimate of drug-likeness (QED) is 0.293. The van der Waals surface area contributed by atoms with Gasteiger partial charge in [0, 0.05) is 22.6 Å². The van der Waals surface area contributed by atoms with Gasteiger partial charge in [-0.2, -0.15) is 22.0 Å². The van der Waals surface area contributed by atoms with E-state index in [1.165, 1.54) is 6.20 Å². The normalized spacial score (nSPS) is 11.4. The highest BCUT2D eigenvalue weighted by molar-refractivity contribution is 8.04. The van der Waals surface area contributed by atoms with Gasteiger partial charge in [0.15, 0.2) is 4.34 Å². The third kappa shape index (κ3) is 4.88. The van der Waals surface area contributed by atoms with Crippen LogP contribution in [0.2, 0.25) is 0 Å². The Hall–Kier alpha value is -2.16. The van der Waals surface area contributed by atoms with Crippen molar-refractivity contribution in [3.8, 4) is 0 Å². The minimum atomic E-state index is -0.194. The molecule has 0 aliphatic rings. The van der Waals surface area contributed by atoms with Crippen molar-refractivity contribution in [2.75, 3.05) is 16.8 Å². The predicted molar refractivity (Wildman–Crippen MR) is 125 cm³/mol. The van der Waals surface area contributed by atoms with Crippen molar-refractivity contribution < 1.29 is 4.79 Å². The molecule has 1 amide bonds. The van der Waals surface area contributed by atoms with E-state index in [2.05, 4.69) is 34.3 Å². The van der Waals surface area contributed by atoms with Crippen molar-refractivity contribution in [3.63, 3.8) is 0 Å². The van der Waals surface area contributed by atoms with E-state index >= 15 is 0 Å². The van der Waals surface area contributed by atoms with E-state index in [1.807, 2.05) is 54.2 Å². The van der Waals surface area contributed by atoms with Gasteiger partial charge in [0.25, 0.3) is 5.91 Å². The lowest BCUT2D eigenvalue weighted by Gasteiger charge is -2.07. The van der Waals surface area contributed by atoms with Crippen LogP contribution in [0.4, 0.5) is 5.69 Å². The molecule has 0 unspecified atom stereocenters. The first kappa shape index (κ1) is 20.1. The molecule has 8 heteroatoms. The van der Waals surface area contributed by atoms with Crippen LogP contribution in [0.25, 0.3) is 21.1 Å². The van der Waals surface area contributed by atoms with Gasteiger partial charge < -0.3 is 5.32 Å². The number of amides is 1. The van der Waals surface area contributed by atoms with Gasteiger partial charge >= 0.3 is 0 Å². The summed E-state index contributed by atoms with van der Waals surface area (Å²) in [5, 5.41) is 12.5. The predicted octanol–water partition coefficient (Wildman–Crippen LogP) is 5.73. The SMILES string of the molecule is CC(C)SCCSc1nc2ccc(NC(=O)c3cnnc4ccccc34)cc2s1. The lowest BCUT2D eigenvalue weighted by atomic mass is 10.1. The second kappa shape index (κ2) is 9.11. The zero-order valence-corrected chi connectivity index (χ0v) is 18.5. The molecule has 4 rings (SSSR count). The van der Waals surface area contributed by atoms with Crippen LogP contribution in [0.15, 0.2) is 53.0 Å². The first-order chi connectivity index (χ1) is 14.1. The summed E-state index contributed by atoms with van der Waals surface area (Å²) in [5.74, 6) is 1.97. The summed E-state index contributed by atoms with van der Waals surface area (Å²) in [6.07, 6.45) is 1.51. The molecule has 148 valence electrons. The van der Waals surface area contributed by atoms with Gasteiger partial charge in [-0.1, -0.05) is 43.8 Å². The molecular weight excluding hydrogens is 420 g/mol. The summed E-state index contributed by atoms with van der Waals surface area (Å²) in [6, 6.07) is 13.3. The van der Waals surface area contributed by atoms with Gasteiger partial charge in [0.1, 0.15) is 0 Å². The monoisotopic (exact) mass is 440 g/mol. The summed E-state index contributed by atoms with van der Waals surface area (Å²) in [6.45, 7) is 4.43. The van der Waals surface area contributed by atoms with Crippen LogP contribution < -0.4 is 5.32 Å². The van der Waals surface area contributed by atoms with Gasteiger partial charge in [-0.25, -0.2) is 4.98 Å². The highest BCUT2D eigenvalue weighted by Crippen LogP contribution is 2.32. The van der Waals surface area contributed by atoms with E-state index in [1.54, 1.807) is 23.1 Å². The maximum Gasteiger partial charge on any atom is 0.257 e.